The number of benzene rings is 1. The summed E-state index contributed by atoms with van der Waals surface area (Å²) in [4.78, 5) is 10.3. The number of hydrogen-bond donors (Lipinski definition) is 2. The van der Waals surface area contributed by atoms with Gasteiger partial charge in [-0.05, 0) is 12.1 Å². The molecule has 1 aromatic carbocycles. The maximum absolute atomic E-state index is 10.3. The Morgan fingerprint density at radius 2 is 1.82 bits per heavy atom. The van der Waals surface area contributed by atoms with Gasteiger partial charge in [-0.3, -0.25) is 0 Å². The van der Waals surface area contributed by atoms with Crippen LogP contribution in [0.3, 0.4) is 0 Å². The van der Waals surface area contributed by atoms with E-state index in [0.29, 0.717) is 0 Å². The zero-order chi connectivity index (χ0) is 7.56. The summed E-state index contributed by atoms with van der Waals surface area (Å²) in [5.41, 5.74) is -0.0671. The summed E-state index contributed by atoms with van der Waals surface area (Å²) < 4.78 is 0. The van der Waals surface area contributed by atoms with Gasteiger partial charge in [-0.2, -0.15) is 0 Å². The third kappa shape index (κ3) is 2.35. The molecule has 0 unspecified atom stereocenters. The minimum absolute atomic E-state index is 0. The van der Waals surface area contributed by atoms with E-state index in [1.165, 1.54) is 12.1 Å². The van der Waals surface area contributed by atoms with Gasteiger partial charge in [0, 0.05) is 21.1 Å². The van der Waals surface area contributed by atoms with E-state index in [1.54, 1.807) is 12.1 Å². The van der Waals surface area contributed by atoms with Gasteiger partial charge in [0.15, 0.2) is 0 Å². The van der Waals surface area contributed by atoms with Gasteiger partial charge in [0.25, 0.3) is 0 Å². The maximum Gasteiger partial charge on any atom is 0.339 e. The average molecular weight is 234 g/mol. The van der Waals surface area contributed by atoms with Crippen LogP contribution in [0.15, 0.2) is 24.3 Å². The van der Waals surface area contributed by atoms with E-state index in [0.717, 1.165) is 0 Å². The molecule has 0 amide bonds. The van der Waals surface area contributed by atoms with Gasteiger partial charge in [-0.1, -0.05) is 12.1 Å². The van der Waals surface area contributed by atoms with E-state index in [1.807, 2.05) is 0 Å². The maximum atomic E-state index is 10.3. The van der Waals surface area contributed by atoms with Gasteiger partial charge in [0.1, 0.15) is 11.3 Å². The van der Waals surface area contributed by atoms with Crippen molar-refractivity contribution in [2.45, 2.75) is 0 Å². The van der Waals surface area contributed by atoms with Crippen LogP contribution in [0, 0.1) is 0 Å². The van der Waals surface area contributed by atoms with Crippen molar-refractivity contribution in [2.75, 3.05) is 0 Å². The van der Waals surface area contributed by atoms with Crippen LogP contribution in [0.5, 0.6) is 5.75 Å². The number of rotatable bonds is 1. The fraction of sp³-hybridized carbons (Fsp3) is 0. The molecule has 0 spiro atoms. The van der Waals surface area contributed by atoms with Gasteiger partial charge in [-0.25, -0.2) is 4.79 Å². The predicted octanol–water partition coefficient (Wildman–Crippen LogP) is 1.09. The molecule has 3 nitrogen and oxygen atoms in total. The van der Waals surface area contributed by atoms with E-state index >= 15 is 0 Å². The SMILES string of the molecule is O=C(O)c1ccccc1O.[Mo]. The van der Waals surface area contributed by atoms with Crippen molar-refractivity contribution in [3.63, 3.8) is 0 Å². The first kappa shape index (κ1) is 10.2. The second-order valence-corrected chi connectivity index (χ2v) is 1.82. The molecule has 1 aromatic rings. The Morgan fingerprint density at radius 3 is 2.18 bits per heavy atom. The number of aromatic carboxylic acids is 1. The quantitative estimate of drug-likeness (QED) is 0.715. The van der Waals surface area contributed by atoms with Crippen LogP contribution >= 0.6 is 0 Å². The molecule has 0 radical (unpaired) electrons. The monoisotopic (exact) mass is 236 g/mol. The first-order valence-electron chi connectivity index (χ1n) is 2.73. The standard InChI is InChI=1S/C7H6O3.Mo/c8-6-4-2-1-3-5(6)7(9)10;/h1-4,8H,(H,9,10);. The van der Waals surface area contributed by atoms with E-state index in [2.05, 4.69) is 0 Å². The van der Waals surface area contributed by atoms with Crippen LogP contribution in [0.4, 0.5) is 0 Å². The zero-order valence-corrected chi connectivity index (χ0v) is 7.53. The summed E-state index contributed by atoms with van der Waals surface area (Å²) >= 11 is 0. The molecule has 58 valence electrons. The molecule has 1 rings (SSSR count). The summed E-state index contributed by atoms with van der Waals surface area (Å²) in [7, 11) is 0. The summed E-state index contributed by atoms with van der Waals surface area (Å²) in [5.74, 6) is -1.31. The number of aromatic hydroxyl groups is 1. The van der Waals surface area contributed by atoms with Crippen LogP contribution < -0.4 is 0 Å². The van der Waals surface area contributed by atoms with Crippen LogP contribution in [0.1, 0.15) is 10.4 Å². The Morgan fingerprint density at radius 1 is 1.27 bits per heavy atom. The third-order valence-corrected chi connectivity index (χ3v) is 1.13. The molecular formula is C7H6MoO3. The summed E-state index contributed by atoms with van der Waals surface area (Å²) in [5, 5.41) is 17.3. The number of carboxylic acids is 1. The number of carbonyl (C=O) groups is 1. The Balaban J connectivity index is 0.000001000. The number of para-hydroxylation sites is 1. The summed E-state index contributed by atoms with van der Waals surface area (Å²) in [6.07, 6.45) is 0. The Hall–Kier alpha value is -0.822. The first-order valence-corrected chi connectivity index (χ1v) is 2.73. The van der Waals surface area contributed by atoms with Crippen LogP contribution in [0.25, 0.3) is 0 Å². The minimum Gasteiger partial charge on any atom is -0.507 e. The molecule has 0 bridgehead atoms. The molecule has 0 saturated heterocycles. The van der Waals surface area contributed by atoms with Gasteiger partial charge in [-0.15, -0.1) is 0 Å². The Labute approximate surface area is 77.9 Å². The fourth-order valence-electron chi connectivity index (χ4n) is 0.654. The molecule has 4 heteroatoms. The number of hydrogen-bond acceptors (Lipinski definition) is 2. The molecule has 0 aromatic heterocycles. The third-order valence-electron chi connectivity index (χ3n) is 1.13. The van der Waals surface area contributed by atoms with Crippen molar-refractivity contribution >= 4 is 5.97 Å². The Kier molecular flexibility index (Phi) is 3.83. The number of phenols is 1. The molecule has 0 saturated carbocycles. The van der Waals surface area contributed by atoms with Crippen LogP contribution in [-0.4, -0.2) is 16.2 Å². The van der Waals surface area contributed by atoms with Crippen molar-refractivity contribution in [1.82, 2.24) is 0 Å². The van der Waals surface area contributed by atoms with E-state index in [9.17, 15) is 4.79 Å². The van der Waals surface area contributed by atoms with Crippen LogP contribution in [0.2, 0.25) is 0 Å². The van der Waals surface area contributed by atoms with Crippen molar-refractivity contribution in [2.24, 2.45) is 0 Å². The summed E-state index contributed by atoms with van der Waals surface area (Å²) in [6.45, 7) is 0. The van der Waals surface area contributed by atoms with E-state index < -0.39 is 5.97 Å². The largest absolute Gasteiger partial charge is 0.507 e. The fourth-order valence-corrected chi connectivity index (χ4v) is 0.654. The second kappa shape index (κ2) is 4.14. The zero-order valence-electron chi connectivity index (χ0n) is 5.52. The molecule has 0 aliphatic heterocycles. The van der Waals surface area contributed by atoms with Crippen molar-refractivity contribution in [1.29, 1.82) is 0 Å². The summed E-state index contributed by atoms with van der Waals surface area (Å²) in [6, 6.07) is 5.81. The smallest absolute Gasteiger partial charge is 0.339 e. The molecule has 0 heterocycles. The first-order chi connectivity index (χ1) is 4.72. The molecule has 0 aliphatic rings. The Bertz CT molecular complexity index is 260. The van der Waals surface area contributed by atoms with Crippen molar-refractivity contribution < 1.29 is 36.1 Å². The van der Waals surface area contributed by atoms with Crippen LogP contribution in [-0.2, 0) is 21.1 Å². The average Bonchev–Trinajstić information content (AvgIpc) is 1.88. The molecule has 2 N–H and O–H groups in total. The van der Waals surface area contributed by atoms with E-state index in [4.69, 9.17) is 10.2 Å². The van der Waals surface area contributed by atoms with Gasteiger partial charge >= 0.3 is 5.97 Å². The van der Waals surface area contributed by atoms with Crippen molar-refractivity contribution in [3.8, 4) is 5.75 Å². The molecule has 0 fully saturated rings. The topological polar surface area (TPSA) is 57.5 Å². The van der Waals surface area contributed by atoms with Gasteiger partial charge in [0.2, 0.25) is 0 Å². The van der Waals surface area contributed by atoms with Gasteiger partial charge < -0.3 is 10.2 Å². The molecule has 0 aliphatic carbocycles. The van der Waals surface area contributed by atoms with Crippen molar-refractivity contribution in [3.05, 3.63) is 29.8 Å². The van der Waals surface area contributed by atoms with E-state index in [-0.39, 0.29) is 32.4 Å². The molecular weight excluding hydrogens is 228 g/mol. The van der Waals surface area contributed by atoms with Gasteiger partial charge in [0.05, 0.1) is 0 Å². The second-order valence-electron chi connectivity index (χ2n) is 1.82. The minimum atomic E-state index is -1.11. The molecule has 11 heavy (non-hydrogen) atoms. The predicted molar refractivity (Wildman–Crippen MR) is 35.1 cm³/mol. The number of carboxylic acid groups (broad SMARTS) is 1. The molecule has 0 atom stereocenters. The normalized spacial score (nSPS) is 8.36.